The van der Waals surface area contributed by atoms with E-state index in [1.807, 2.05) is 6.07 Å². The number of hydrogen-bond acceptors (Lipinski definition) is 8. The molecule has 0 atom stereocenters. The molecular weight excluding hydrogens is 394 g/mol. The summed E-state index contributed by atoms with van der Waals surface area (Å²) in [6.45, 7) is 3.59. The van der Waals surface area contributed by atoms with Gasteiger partial charge in [-0.2, -0.15) is 0 Å². The molecule has 0 radical (unpaired) electrons. The number of ether oxygens (including phenoxy) is 1. The second-order valence-corrected chi connectivity index (χ2v) is 6.92. The van der Waals surface area contributed by atoms with Gasteiger partial charge in [0.2, 0.25) is 11.1 Å². The van der Waals surface area contributed by atoms with E-state index in [4.69, 9.17) is 15.0 Å². The van der Waals surface area contributed by atoms with Crippen molar-refractivity contribution in [1.82, 2.24) is 14.9 Å². The van der Waals surface area contributed by atoms with Crippen molar-refractivity contribution in [1.29, 1.82) is 0 Å². The van der Waals surface area contributed by atoms with E-state index in [2.05, 4.69) is 10.2 Å². The fraction of sp³-hybridized carbons (Fsp3) is 0.263. The lowest BCUT2D eigenvalue weighted by molar-refractivity contribution is -0.142. The summed E-state index contributed by atoms with van der Waals surface area (Å²) in [5.74, 6) is 6.46. The van der Waals surface area contributed by atoms with Crippen molar-refractivity contribution < 1.29 is 18.7 Å². The number of nitrogens with zero attached hydrogens (tertiary/aromatic N) is 4. The first-order valence-electron chi connectivity index (χ1n) is 8.90. The van der Waals surface area contributed by atoms with E-state index in [0.717, 1.165) is 17.3 Å². The zero-order valence-electron chi connectivity index (χ0n) is 16.1. The summed E-state index contributed by atoms with van der Waals surface area (Å²) in [6, 6.07) is 10.7. The van der Waals surface area contributed by atoms with Gasteiger partial charge in [-0.05, 0) is 32.0 Å². The molecule has 0 aliphatic carbocycles. The van der Waals surface area contributed by atoms with Gasteiger partial charge in [-0.1, -0.05) is 30.0 Å². The van der Waals surface area contributed by atoms with Gasteiger partial charge in [0.25, 0.3) is 0 Å². The van der Waals surface area contributed by atoms with Crippen molar-refractivity contribution in [2.75, 3.05) is 29.6 Å². The minimum absolute atomic E-state index is 0.0218. The van der Waals surface area contributed by atoms with Crippen LogP contribution in [0.5, 0.6) is 0 Å². The summed E-state index contributed by atoms with van der Waals surface area (Å²) in [5, 5.41) is 8.51. The number of aryl methyl sites for hydroxylation is 1. The maximum Gasteiger partial charge on any atom is 0.326 e. The van der Waals surface area contributed by atoms with Crippen molar-refractivity contribution in [3.05, 3.63) is 48.4 Å². The first-order valence-corrected chi connectivity index (χ1v) is 9.88. The summed E-state index contributed by atoms with van der Waals surface area (Å²) in [6.07, 6.45) is 1.54. The van der Waals surface area contributed by atoms with Crippen LogP contribution >= 0.6 is 11.8 Å². The highest BCUT2D eigenvalue weighted by Gasteiger charge is 2.22. The molecule has 29 heavy (non-hydrogen) atoms. The zero-order valence-corrected chi connectivity index (χ0v) is 16.9. The highest BCUT2D eigenvalue weighted by atomic mass is 32.2. The monoisotopic (exact) mass is 415 g/mol. The van der Waals surface area contributed by atoms with Crippen LogP contribution in [0, 0.1) is 6.92 Å². The number of carbonyl (C=O) groups excluding carboxylic acids is 2. The number of para-hydroxylation sites is 1. The number of aromatic nitrogens is 3. The fourth-order valence-electron chi connectivity index (χ4n) is 2.65. The minimum atomic E-state index is -0.477. The van der Waals surface area contributed by atoms with Crippen LogP contribution in [-0.2, 0) is 14.3 Å². The van der Waals surface area contributed by atoms with E-state index in [0.29, 0.717) is 22.4 Å². The summed E-state index contributed by atoms with van der Waals surface area (Å²) >= 11 is 1.13. The molecule has 0 aliphatic heterocycles. The number of carbonyl (C=O) groups is 2. The van der Waals surface area contributed by atoms with E-state index in [-0.39, 0.29) is 24.8 Å². The predicted octanol–water partition coefficient (Wildman–Crippen LogP) is 2.25. The molecule has 2 heterocycles. The van der Waals surface area contributed by atoms with E-state index in [1.54, 1.807) is 50.4 Å². The standard InChI is InChI=1S/C19H21N5O4S/c1-3-27-17(26)11-23(14-7-5-4-6-8-14)16(25)12-29-19-22-21-18(24(19)20)15-9-10-28-13(15)2/h4-10H,3,11-12,20H2,1-2H3. The van der Waals surface area contributed by atoms with Crippen molar-refractivity contribution in [2.24, 2.45) is 0 Å². The lowest BCUT2D eigenvalue weighted by atomic mass is 10.2. The summed E-state index contributed by atoms with van der Waals surface area (Å²) < 4.78 is 11.6. The number of esters is 1. The maximum atomic E-state index is 12.8. The van der Waals surface area contributed by atoms with Crippen molar-refractivity contribution in [3.8, 4) is 11.4 Å². The van der Waals surface area contributed by atoms with Crippen molar-refractivity contribution in [3.63, 3.8) is 0 Å². The Hall–Kier alpha value is -3.27. The Labute approximate surface area is 171 Å². The summed E-state index contributed by atoms with van der Waals surface area (Å²) in [7, 11) is 0. The second-order valence-electron chi connectivity index (χ2n) is 5.98. The third-order valence-electron chi connectivity index (χ3n) is 4.05. The minimum Gasteiger partial charge on any atom is -0.469 e. The lowest BCUT2D eigenvalue weighted by Gasteiger charge is -2.21. The molecular formula is C19H21N5O4S. The molecule has 1 amide bonds. The van der Waals surface area contributed by atoms with Crippen molar-refractivity contribution in [2.45, 2.75) is 19.0 Å². The average Bonchev–Trinajstić information content (AvgIpc) is 3.30. The van der Waals surface area contributed by atoms with Crippen LogP contribution in [0.4, 0.5) is 5.69 Å². The Kier molecular flexibility index (Phi) is 6.55. The van der Waals surface area contributed by atoms with Crippen molar-refractivity contribution >= 4 is 29.3 Å². The van der Waals surface area contributed by atoms with Crippen LogP contribution in [-0.4, -0.2) is 45.7 Å². The SMILES string of the molecule is CCOC(=O)CN(C(=O)CSc1nnc(-c2ccoc2C)n1N)c1ccccc1. The number of nitrogens with two attached hydrogens (primary N) is 1. The first kappa shape index (κ1) is 20.5. The van der Waals surface area contributed by atoms with Crippen LogP contribution in [0.25, 0.3) is 11.4 Å². The molecule has 0 spiro atoms. The number of hydrogen-bond donors (Lipinski definition) is 1. The Morgan fingerprint density at radius 1 is 1.24 bits per heavy atom. The highest BCUT2D eigenvalue weighted by molar-refractivity contribution is 7.99. The molecule has 3 aromatic rings. The zero-order chi connectivity index (χ0) is 20.8. The van der Waals surface area contributed by atoms with Crippen LogP contribution in [0.15, 0.2) is 52.2 Å². The van der Waals surface area contributed by atoms with E-state index in [1.165, 1.54) is 9.58 Å². The fourth-order valence-corrected chi connectivity index (χ4v) is 3.38. The predicted molar refractivity (Wildman–Crippen MR) is 109 cm³/mol. The highest BCUT2D eigenvalue weighted by Crippen LogP contribution is 2.25. The Morgan fingerprint density at radius 2 is 2.00 bits per heavy atom. The molecule has 3 rings (SSSR count). The molecule has 9 nitrogen and oxygen atoms in total. The molecule has 0 saturated carbocycles. The van der Waals surface area contributed by atoms with Crippen LogP contribution in [0.3, 0.4) is 0 Å². The first-order chi connectivity index (χ1) is 14.0. The van der Waals surface area contributed by atoms with Gasteiger partial charge in [-0.25, -0.2) is 4.68 Å². The number of anilines is 1. The molecule has 0 saturated heterocycles. The van der Waals surface area contributed by atoms with E-state index in [9.17, 15) is 9.59 Å². The molecule has 1 aromatic carbocycles. The summed E-state index contributed by atoms with van der Waals surface area (Å²) in [5.41, 5.74) is 1.33. The number of rotatable bonds is 8. The van der Waals surface area contributed by atoms with Gasteiger partial charge < -0.3 is 19.9 Å². The largest absolute Gasteiger partial charge is 0.469 e. The third kappa shape index (κ3) is 4.77. The van der Waals surface area contributed by atoms with Gasteiger partial charge in [0.15, 0.2) is 5.82 Å². The normalized spacial score (nSPS) is 10.7. The van der Waals surface area contributed by atoms with Crippen LogP contribution < -0.4 is 10.7 Å². The second kappa shape index (κ2) is 9.28. The number of nitrogen functional groups attached to an aromatic ring is 1. The molecule has 10 heteroatoms. The number of benzene rings is 1. The maximum absolute atomic E-state index is 12.8. The van der Waals surface area contributed by atoms with Gasteiger partial charge in [0.1, 0.15) is 12.3 Å². The molecule has 2 aromatic heterocycles. The number of amides is 1. The van der Waals surface area contributed by atoms with Gasteiger partial charge in [0.05, 0.1) is 24.2 Å². The Morgan fingerprint density at radius 3 is 2.66 bits per heavy atom. The van der Waals surface area contributed by atoms with E-state index >= 15 is 0 Å². The van der Waals surface area contributed by atoms with E-state index < -0.39 is 5.97 Å². The molecule has 152 valence electrons. The smallest absolute Gasteiger partial charge is 0.326 e. The number of thioether (sulfide) groups is 1. The molecule has 2 N–H and O–H groups in total. The Balaban J connectivity index is 1.73. The molecule has 0 bridgehead atoms. The summed E-state index contributed by atoms with van der Waals surface area (Å²) in [4.78, 5) is 26.2. The molecule has 0 unspecified atom stereocenters. The number of furan rings is 1. The average molecular weight is 415 g/mol. The third-order valence-corrected chi connectivity index (χ3v) is 4.98. The topological polar surface area (TPSA) is 116 Å². The quantitative estimate of drug-likeness (QED) is 0.338. The van der Waals surface area contributed by atoms with Gasteiger partial charge >= 0.3 is 5.97 Å². The van der Waals surface area contributed by atoms with Crippen LogP contribution in [0.2, 0.25) is 0 Å². The molecule has 0 aliphatic rings. The lowest BCUT2D eigenvalue weighted by Crippen LogP contribution is -2.37. The van der Waals surface area contributed by atoms with Gasteiger partial charge in [-0.3, -0.25) is 9.59 Å². The van der Waals surface area contributed by atoms with Crippen LogP contribution in [0.1, 0.15) is 12.7 Å². The molecule has 0 fully saturated rings. The van der Waals surface area contributed by atoms with Gasteiger partial charge in [0, 0.05) is 5.69 Å². The Bertz CT molecular complexity index is 986. The van der Waals surface area contributed by atoms with Gasteiger partial charge in [-0.15, -0.1) is 10.2 Å².